The van der Waals surface area contributed by atoms with Crippen molar-refractivity contribution in [3.8, 4) is 0 Å². The van der Waals surface area contributed by atoms with Crippen LogP contribution < -0.4 is 5.32 Å². The minimum atomic E-state index is -4.17. The molecular weight excluding hydrogens is 830 g/mol. The number of hydrogen-bond donors (Lipinski definition) is 3. The van der Waals surface area contributed by atoms with Crippen LogP contribution >= 0.6 is 11.6 Å². The van der Waals surface area contributed by atoms with E-state index in [4.69, 9.17) is 43.7 Å². The van der Waals surface area contributed by atoms with Crippen LogP contribution in [0.25, 0.3) is 11.2 Å². The lowest BCUT2D eigenvalue weighted by molar-refractivity contribution is -0.215. The first-order valence-corrected chi connectivity index (χ1v) is 21.4. The predicted octanol–water partition coefficient (Wildman–Crippen LogP) is 1.18. The van der Waals surface area contributed by atoms with Crippen molar-refractivity contribution < 1.29 is 68.7 Å². The molecule has 0 saturated carbocycles. The largest absolute Gasteiger partial charge is 0.469 e. The summed E-state index contributed by atoms with van der Waals surface area (Å²) in [6.07, 6.45) is -4.98. The van der Waals surface area contributed by atoms with Crippen molar-refractivity contribution in [2.45, 2.75) is 55.6 Å². The summed E-state index contributed by atoms with van der Waals surface area (Å²) in [6, 6.07) is 14.9. The molecule has 2 aromatic heterocycles. The van der Waals surface area contributed by atoms with Gasteiger partial charge >= 0.3 is 5.97 Å². The Bertz CT molecular complexity index is 2260. The van der Waals surface area contributed by atoms with Gasteiger partial charge in [-0.2, -0.15) is 16.8 Å². The van der Waals surface area contributed by atoms with E-state index in [0.717, 1.165) is 19.6 Å². The highest BCUT2D eigenvalue weighted by atomic mass is 35.5. The van der Waals surface area contributed by atoms with Crippen molar-refractivity contribution in [2.24, 2.45) is 5.92 Å². The van der Waals surface area contributed by atoms with Crippen LogP contribution in [0.3, 0.4) is 0 Å². The fourth-order valence-corrected chi connectivity index (χ4v) is 7.42. The first-order valence-electron chi connectivity index (χ1n) is 17.4. The number of benzene rings is 2. The second-order valence-electron chi connectivity index (χ2n) is 13.5. The van der Waals surface area contributed by atoms with Crippen LogP contribution in [0.2, 0.25) is 5.02 Å². The summed E-state index contributed by atoms with van der Waals surface area (Å²) in [5.74, 6) is -2.26. The molecule has 3 N–H and O–H groups in total. The highest BCUT2D eigenvalue weighted by molar-refractivity contribution is 7.86. The van der Waals surface area contributed by atoms with Gasteiger partial charge in [0.05, 0.1) is 51.7 Å². The number of nitrogens with one attached hydrogen (secondary N) is 1. The molecule has 6 rings (SSSR count). The minimum Gasteiger partial charge on any atom is -0.469 e. The zero-order valence-electron chi connectivity index (χ0n) is 31.1. The molecule has 4 heterocycles. The SMILES string of the molecule is COC(=O)C[C@H]1C(OC[C@H]2O[C@@H](n3cnc4c(NC(=O)c5ccccc5)ncnc43)[C@H](O)[C@@H]2O)OC(COS(C)(=O)=O)(COS(C)(=O)=O)[C@H]1OCc1ccc(Cl)cc1. The topological polar surface area (TPSA) is 263 Å². The molecule has 2 aromatic carbocycles. The quantitative estimate of drug-likeness (QED) is 0.0994. The Balaban J connectivity index is 1.26. The van der Waals surface area contributed by atoms with Gasteiger partial charge in [0.1, 0.15) is 43.5 Å². The third kappa shape index (κ3) is 10.3. The monoisotopic (exact) mass is 869 g/mol. The molecule has 2 fully saturated rings. The predicted molar refractivity (Wildman–Crippen MR) is 201 cm³/mol. The molecule has 0 radical (unpaired) electrons. The van der Waals surface area contributed by atoms with E-state index >= 15 is 0 Å². The Hall–Kier alpha value is -4.20. The second kappa shape index (κ2) is 18.0. The Kier molecular flexibility index (Phi) is 13.4. The van der Waals surface area contributed by atoms with Gasteiger partial charge in [-0.1, -0.05) is 41.9 Å². The van der Waals surface area contributed by atoms with E-state index in [2.05, 4.69) is 20.3 Å². The maximum atomic E-state index is 12.8. The first-order chi connectivity index (χ1) is 27.5. The van der Waals surface area contributed by atoms with Crippen molar-refractivity contribution >= 4 is 60.7 Å². The van der Waals surface area contributed by atoms with Crippen molar-refractivity contribution in [3.05, 3.63) is 83.4 Å². The summed E-state index contributed by atoms with van der Waals surface area (Å²) in [5, 5.41) is 25.5. The number of hydrogen-bond acceptors (Lipinski definition) is 18. The fourth-order valence-electron chi connectivity index (χ4n) is 6.47. The average Bonchev–Trinajstić information content (AvgIpc) is 3.83. The number of methoxy groups -OCH3 is 1. The third-order valence-corrected chi connectivity index (χ3v) is 10.6. The number of aliphatic hydroxyl groups excluding tert-OH is 2. The number of fused-ring (bicyclic) bond motifs is 1. The van der Waals surface area contributed by atoms with Gasteiger partial charge < -0.3 is 39.2 Å². The molecule has 4 aromatic rings. The number of amides is 1. The number of halogens is 1. The standard InChI is InChI=1S/C35H40ClN5O15S2/c1-50-25(42)13-23-29(51-14-20-9-11-22(36)12-10-20)35(16-53-57(2,46)47,17-54-58(3,48)49)56-34(23)52-15-24-27(43)28(44)33(55-24)41-19-39-26-30(37-18-38-31(26)41)40-32(45)21-7-5-4-6-8-21/h4-12,18-19,23-24,27-29,33-34,43-44H,13-17H2,1-3H3,(H,37,38,40,45)/t23-,24-,27-,28-,29+,33-,34?/m1/s1. The lowest BCUT2D eigenvalue weighted by atomic mass is 9.88. The van der Waals surface area contributed by atoms with Crippen LogP contribution in [-0.2, 0) is 63.7 Å². The third-order valence-electron chi connectivity index (χ3n) is 9.28. The van der Waals surface area contributed by atoms with Gasteiger partial charge in [0, 0.05) is 16.5 Å². The zero-order chi connectivity index (χ0) is 41.8. The average molecular weight is 870 g/mol. The maximum absolute atomic E-state index is 12.8. The zero-order valence-corrected chi connectivity index (χ0v) is 33.5. The number of esters is 1. The van der Waals surface area contributed by atoms with E-state index in [1.165, 1.54) is 17.2 Å². The van der Waals surface area contributed by atoms with E-state index in [1.807, 2.05) is 0 Å². The van der Waals surface area contributed by atoms with Crippen molar-refractivity contribution in [3.63, 3.8) is 0 Å². The van der Waals surface area contributed by atoms with E-state index in [-0.39, 0.29) is 23.6 Å². The molecule has 2 saturated heterocycles. The number of nitrogens with zero attached hydrogens (tertiary/aromatic N) is 4. The number of aromatic nitrogens is 4. The van der Waals surface area contributed by atoms with E-state index in [0.29, 0.717) is 16.1 Å². The lowest BCUT2D eigenvalue weighted by Crippen LogP contribution is -2.51. The lowest BCUT2D eigenvalue weighted by Gasteiger charge is -2.34. The Labute approximate surface area is 337 Å². The maximum Gasteiger partial charge on any atom is 0.306 e. The van der Waals surface area contributed by atoms with Gasteiger partial charge in [-0.05, 0) is 29.8 Å². The van der Waals surface area contributed by atoms with Crippen LogP contribution in [0.5, 0.6) is 0 Å². The first kappa shape index (κ1) is 43.4. The van der Waals surface area contributed by atoms with E-state index in [1.54, 1.807) is 54.6 Å². The molecule has 2 aliphatic heterocycles. The van der Waals surface area contributed by atoms with Crippen LogP contribution in [-0.4, -0.2) is 134 Å². The smallest absolute Gasteiger partial charge is 0.306 e. The Morgan fingerprint density at radius 1 is 0.931 bits per heavy atom. The second-order valence-corrected chi connectivity index (χ2v) is 17.3. The molecule has 0 aliphatic carbocycles. The molecule has 0 bridgehead atoms. The van der Waals surface area contributed by atoms with Crippen LogP contribution in [0.1, 0.15) is 28.6 Å². The Morgan fingerprint density at radius 2 is 1.60 bits per heavy atom. The summed E-state index contributed by atoms with van der Waals surface area (Å²) in [5.41, 5.74) is -0.761. The molecule has 58 heavy (non-hydrogen) atoms. The van der Waals surface area contributed by atoms with Gasteiger partial charge in [0.2, 0.25) is 0 Å². The normalized spacial score (nSPS) is 24.6. The molecule has 20 nitrogen and oxygen atoms in total. The van der Waals surface area contributed by atoms with Crippen LogP contribution in [0.15, 0.2) is 67.3 Å². The number of aliphatic hydroxyl groups is 2. The number of imidazole rings is 1. The van der Waals surface area contributed by atoms with Crippen molar-refractivity contribution in [2.75, 3.05) is 44.8 Å². The van der Waals surface area contributed by atoms with Gasteiger partial charge in [-0.25, -0.2) is 15.0 Å². The van der Waals surface area contributed by atoms with Gasteiger partial charge in [0.25, 0.3) is 26.1 Å². The highest BCUT2D eigenvalue weighted by Crippen LogP contribution is 2.43. The molecular formula is C35H40ClN5O15S2. The number of carbonyl (C=O) groups excluding carboxylic acids is 2. The Morgan fingerprint density at radius 3 is 2.24 bits per heavy atom. The molecule has 1 unspecified atom stereocenters. The summed E-state index contributed by atoms with van der Waals surface area (Å²) < 4.78 is 90.1. The molecule has 2 aliphatic rings. The highest BCUT2D eigenvalue weighted by Gasteiger charge is 2.59. The number of carbonyl (C=O) groups is 2. The van der Waals surface area contributed by atoms with E-state index in [9.17, 15) is 36.6 Å². The summed E-state index contributed by atoms with van der Waals surface area (Å²) in [4.78, 5) is 38.3. The molecule has 0 spiro atoms. The molecule has 23 heteroatoms. The molecule has 1 amide bonds. The van der Waals surface area contributed by atoms with E-state index < -0.39 is 107 Å². The minimum absolute atomic E-state index is 0.0802. The van der Waals surface area contributed by atoms with Gasteiger partial charge in [0.15, 0.2) is 29.5 Å². The fraction of sp³-hybridized carbons (Fsp3) is 0.457. The number of rotatable bonds is 17. The summed E-state index contributed by atoms with van der Waals surface area (Å²) >= 11 is 6.04. The van der Waals surface area contributed by atoms with Gasteiger partial charge in [-0.3, -0.25) is 22.5 Å². The summed E-state index contributed by atoms with van der Waals surface area (Å²) in [7, 11) is -7.20. The van der Waals surface area contributed by atoms with Crippen molar-refractivity contribution in [1.29, 1.82) is 0 Å². The van der Waals surface area contributed by atoms with Crippen LogP contribution in [0, 0.1) is 5.92 Å². The van der Waals surface area contributed by atoms with Crippen molar-refractivity contribution in [1.82, 2.24) is 19.5 Å². The molecule has 314 valence electrons. The number of ether oxygens (including phenoxy) is 5. The summed E-state index contributed by atoms with van der Waals surface area (Å²) in [6.45, 7) is -2.34. The molecule has 7 atom stereocenters. The van der Waals surface area contributed by atoms with Gasteiger partial charge in [-0.15, -0.1) is 0 Å². The van der Waals surface area contributed by atoms with Crippen LogP contribution in [0.4, 0.5) is 5.82 Å². The number of anilines is 1.